The Hall–Kier alpha value is -0.580. The Labute approximate surface area is 130 Å². The van der Waals surface area contributed by atoms with Crippen molar-refractivity contribution in [2.45, 2.75) is 45.3 Å². The molecule has 1 saturated heterocycles. The molecule has 2 N–H and O–H groups in total. The maximum Gasteiger partial charge on any atom is 0.0794 e. The zero-order valence-corrected chi connectivity index (χ0v) is 14.0. The third-order valence-corrected chi connectivity index (χ3v) is 4.30. The van der Waals surface area contributed by atoms with E-state index >= 15 is 0 Å². The van der Waals surface area contributed by atoms with E-state index in [1.54, 1.807) is 0 Å². The van der Waals surface area contributed by atoms with Gasteiger partial charge in [0.25, 0.3) is 0 Å². The zero-order valence-electron chi connectivity index (χ0n) is 12.5. The first-order chi connectivity index (χ1) is 9.52. The average Bonchev–Trinajstić information content (AvgIpc) is 2.39. The number of aliphatic hydroxyl groups is 1. The van der Waals surface area contributed by atoms with Crippen LogP contribution in [0.5, 0.6) is 0 Å². The van der Waals surface area contributed by atoms with Crippen LogP contribution < -0.4 is 10.2 Å². The van der Waals surface area contributed by atoms with E-state index in [1.807, 2.05) is 6.92 Å². The van der Waals surface area contributed by atoms with Crippen molar-refractivity contribution >= 4 is 21.6 Å². The highest BCUT2D eigenvalue weighted by atomic mass is 79.9. The number of rotatable bonds is 5. The SMILES string of the molecule is CCCNCc1ccc(Br)cc1N1CCCC(C)(O)C1. The molecular weight excluding hydrogens is 316 g/mol. The minimum Gasteiger partial charge on any atom is -0.388 e. The van der Waals surface area contributed by atoms with Gasteiger partial charge < -0.3 is 15.3 Å². The molecule has 0 aromatic heterocycles. The fraction of sp³-hybridized carbons (Fsp3) is 0.625. The molecule has 0 amide bonds. The third-order valence-electron chi connectivity index (χ3n) is 3.81. The van der Waals surface area contributed by atoms with E-state index in [1.165, 1.54) is 11.3 Å². The van der Waals surface area contributed by atoms with Crippen molar-refractivity contribution in [1.29, 1.82) is 0 Å². The van der Waals surface area contributed by atoms with Gasteiger partial charge in [0.15, 0.2) is 0 Å². The van der Waals surface area contributed by atoms with Crippen molar-refractivity contribution in [1.82, 2.24) is 5.32 Å². The number of benzene rings is 1. The first kappa shape index (κ1) is 15.8. The van der Waals surface area contributed by atoms with E-state index in [4.69, 9.17) is 0 Å². The fourth-order valence-electron chi connectivity index (χ4n) is 2.81. The number of nitrogens with zero attached hydrogens (tertiary/aromatic N) is 1. The summed E-state index contributed by atoms with van der Waals surface area (Å²) in [6.07, 6.45) is 3.08. The first-order valence-electron chi connectivity index (χ1n) is 7.48. The van der Waals surface area contributed by atoms with Crippen LogP contribution in [-0.4, -0.2) is 30.3 Å². The Morgan fingerprint density at radius 2 is 2.25 bits per heavy atom. The lowest BCUT2D eigenvalue weighted by molar-refractivity contribution is 0.0449. The number of anilines is 1. The van der Waals surface area contributed by atoms with Crippen LogP contribution in [0.15, 0.2) is 22.7 Å². The maximum atomic E-state index is 10.3. The Morgan fingerprint density at radius 1 is 1.45 bits per heavy atom. The smallest absolute Gasteiger partial charge is 0.0794 e. The summed E-state index contributed by atoms with van der Waals surface area (Å²) in [5.74, 6) is 0. The molecule has 2 rings (SSSR count). The first-order valence-corrected chi connectivity index (χ1v) is 8.27. The largest absolute Gasteiger partial charge is 0.388 e. The molecule has 1 aromatic rings. The van der Waals surface area contributed by atoms with Crippen LogP contribution in [0.3, 0.4) is 0 Å². The highest BCUT2D eigenvalue weighted by Gasteiger charge is 2.29. The number of β-amino-alcohol motifs (C(OH)–C–C–N with tert-alkyl or cyclic N) is 1. The molecule has 1 unspecified atom stereocenters. The second kappa shape index (κ2) is 6.92. The Kier molecular flexibility index (Phi) is 5.47. The van der Waals surface area contributed by atoms with Crippen LogP contribution in [-0.2, 0) is 6.54 Å². The van der Waals surface area contributed by atoms with Gasteiger partial charge in [0, 0.05) is 29.8 Å². The normalized spacial score (nSPS) is 23.1. The van der Waals surface area contributed by atoms with E-state index in [0.29, 0.717) is 6.54 Å². The molecule has 1 atom stereocenters. The van der Waals surface area contributed by atoms with Crippen LogP contribution in [0.4, 0.5) is 5.69 Å². The molecule has 1 aliphatic heterocycles. The predicted octanol–water partition coefficient (Wildman–Crippen LogP) is 3.30. The number of nitrogens with one attached hydrogen (secondary N) is 1. The van der Waals surface area contributed by atoms with E-state index in [2.05, 4.69) is 51.3 Å². The molecule has 4 heteroatoms. The molecular formula is C16H25BrN2O. The molecule has 112 valence electrons. The highest BCUT2D eigenvalue weighted by Crippen LogP contribution is 2.30. The standard InChI is InChI=1S/C16H25BrN2O/c1-3-8-18-11-13-5-6-14(17)10-15(13)19-9-4-7-16(2,20)12-19/h5-6,10,18,20H,3-4,7-9,11-12H2,1-2H3. The van der Waals surface area contributed by atoms with E-state index in [-0.39, 0.29) is 0 Å². The maximum absolute atomic E-state index is 10.3. The van der Waals surface area contributed by atoms with Crippen molar-refractivity contribution in [3.05, 3.63) is 28.2 Å². The average molecular weight is 341 g/mol. The molecule has 1 heterocycles. The lowest BCUT2D eigenvalue weighted by Gasteiger charge is -2.39. The molecule has 1 aromatic carbocycles. The molecule has 1 aliphatic rings. The van der Waals surface area contributed by atoms with Crippen LogP contribution in [0.1, 0.15) is 38.7 Å². The van der Waals surface area contributed by atoms with Gasteiger partial charge >= 0.3 is 0 Å². The summed E-state index contributed by atoms with van der Waals surface area (Å²) in [7, 11) is 0. The van der Waals surface area contributed by atoms with Gasteiger partial charge in [0.1, 0.15) is 0 Å². The second-order valence-corrected chi connectivity index (χ2v) is 6.89. The Morgan fingerprint density at radius 3 is 2.95 bits per heavy atom. The quantitative estimate of drug-likeness (QED) is 0.807. The summed E-state index contributed by atoms with van der Waals surface area (Å²) in [6.45, 7) is 7.77. The van der Waals surface area contributed by atoms with Gasteiger partial charge in [-0.3, -0.25) is 0 Å². The Balaban J connectivity index is 2.17. The molecule has 0 radical (unpaired) electrons. The van der Waals surface area contributed by atoms with Crippen molar-refractivity contribution in [2.24, 2.45) is 0 Å². The van der Waals surface area contributed by atoms with E-state index < -0.39 is 5.60 Å². The van der Waals surface area contributed by atoms with Crippen molar-refractivity contribution < 1.29 is 5.11 Å². The van der Waals surface area contributed by atoms with Crippen LogP contribution in [0, 0.1) is 0 Å². The zero-order chi connectivity index (χ0) is 14.6. The van der Waals surface area contributed by atoms with Crippen molar-refractivity contribution in [3.8, 4) is 0 Å². The molecule has 0 spiro atoms. The number of hydrogen-bond donors (Lipinski definition) is 2. The molecule has 3 nitrogen and oxygen atoms in total. The van der Waals surface area contributed by atoms with Gasteiger partial charge in [-0.2, -0.15) is 0 Å². The molecule has 0 aliphatic carbocycles. The van der Waals surface area contributed by atoms with E-state index in [9.17, 15) is 5.11 Å². The number of halogens is 1. The lowest BCUT2D eigenvalue weighted by atomic mass is 9.94. The molecule has 1 fully saturated rings. The summed E-state index contributed by atoms with van der Waals surface area (Å²) in [4.78, 5) is 2.32. The summed E-state index contributed by atoms with van der Waals surface area (Å²) in [5, 5.41) is 13.8. The third kappa shape index (κ3) is 4.21. The van der Waals surface area contributed by atoms with Crippen molar-refractivity contribution in [2.75, 3.05) is 24.5 Å². The minimum absolute atomic E-state index is 0.575. The van der Waals surface area contributed by atoms with Crippen LogP contribution >= 0.6 is 15.9 Å². The summed E-state index contributed by atoms with van der Waals surface area (Å²) in [6, 6.07) is 6.43. The highest BCUT2D eigenvalue weighted by molar-refractivity contribution is 9.10. The second-order valence-electron chi connectivity index (χ2n) is 5.97. The lowest BCUT2D eigenvalue weighted by Crippen LogP contribution is -2.46. The van der Waals surface area contributed by atoms with Crippen LogP contribution in [0.2, 0.25) is 0 Å². The fourth-order valence-corrected chi connectivity index (χ4v) is 3.16. The van der Waals surface area contributed by atoms with Crippen LogP contribution in [0.25, 0.3) is 0 Å². The topological polar surface area (TPSA) is 35.5 Å². The van der Waals surface area contributed by atoms with Gasteiger partial charge in [-0.05, 0) is 50.4 Å². The van der Waals surface area contributed by atoms with Gasteiger partial charge in [-0.1, -0.05) is 28.9 Å². The van der Waals surface area contributed by atoms with Crippen molar-refractivity contribution in [3.63, 3.8) is 0 Å². The molecule has 20 heavy (non-hydrogen) atoms. The number of hydrogen-bond acceptors (Lipinski definition) is 3. The van der Waals surface area contributed by atoms with Gasteiger partial charge in [-0.25, -0.2) is 0 Å². The Bertz CT molecular complexity index is 448. The summed E-state index contributed by atoms with van der Waals surface area (Å²) < 4.78 is 1.09. The van der Waals surface area contributed by atoms with E-state index in [0.717, 1.165) is 43.4 Å². The minimum atomic E-state index is -0.575. The van der Waals surface area contributed by atoms with Gasteiger partial charge in [-0.15, -0.1) is 0 Å². The van der Waals surface area contributed by atoms with Gasteiger partial charge in [0.2, 0.25) is 0 Å². The monoisotopic (exact) mass is 340 g/mol. The molecule has 0 saturated carbocycles. The van der Waals surface area contributed by atoms with Gasteiger partial charge in [0.05, 0.1) is 5.60 Å². The predicted molar refractivity (Wildman–Crippen MR) is 88.2 cm³/mol. The number of piperidine rings is 1. The molecule has 0 bridgehead atoms. The summed E-state index contributed by atoms with van der Waals surface area (Å²) in [5.41, 5.74) is 1.97. The summed E-state index contributed by atoms with van der Waals surface area (Å²) >= 11 is 3.56.